The predicted octanol–water partition coefficient (Wildman–Crippen LogP) is 3.22. The van der Waals surface area contributed by atoms with Crippen LogP contribution in [0.25, 0.3) is 0 Å². The first-order chi connectivity index (χ1) is 14.5. The number of Topliss-reactive ketones (excluding diaryl/α,β-unsaturated/α-hetero) is 3. The predicted molar refractivity (Wildman–Crippen MR) is 110 cm³/mol. The number of carbonyl (C=O) groups is 4. The Labute approximate surface area is 174 Å². The lowest BCUT2D eigenvalue weighted by molar-refractivity contribution is -0.142. The Balaban J connectivity index is 1.62. The lowest BCUT2D eigenvalue weighted by Crippen LogP contribution is -2.39. The Morgan fingerprint density at radius 2 is 1.73 bits per heavy atom. The van der Waals surface area contributed by atoms with Gasteiger partial charge in [-0.3, -0.25) is 19.2 Å². The van der Waals surface area contributed by atoms with Crippen LogP contribution in [0.3, 0.4) is 0 Å². The van der Waals surface area contributed by atoms with Gasteiger partial charge in [-0.25, -0.2) is 0 Å². The van der Waals surface area contributed by atoms with Gasteiger partial charge in [0.05, 0.1) is 12.2 Å². The van der Waals surface area contributed by atoms with Gasteiger partial charge < -0.3 is 9.64 Å². The fraction of sp³-hybridized carbons (Fsp3) is 0.333. The van der Waals surface area contributed by atoms with Crippen molar-refractivity contribution in [2.45, 2.75) is 38.6 Å². The molecule has 6 heteroatoms. The number of amides is 1. The second-order valence-corrected chi connectivity index (χ2v) is 7.77. The van der Waals surface area contributed by atoms with Crippen LogP contribution in [0.4, 0.5) is 5.69 Å². The topological polar surface area (TPSA) is 80.8 Å². The molecule has 1 aliphatic carbocycles. The van der Waals surface area contributed by atoms with Gasteiger partial charge in [0.2, 0.25) is 0 Å². The third-order valence-corrected chi connectivity index (χ3v) is 5.79. The SMILES string of the molecule is CCC(=O)C1C(=O)CC(c2ccc3c(c2)N(Cc2ccccc2)C(=O)CO3)CC1=O. The first-order valence-corrected chi connectivity index (χ1v) is 10.2. The highest BCUT2D eigenvalue weighted by Gasteiger charge is 2.40. The van der Waals surface area contributed by atoms with Crippen molar-refractivity contribution < 1.29 is 23.9 Å². The molecular formula is C24H23NO5. The second-order valence-electron chi connectivity index (χ2n) is 7.77. The van der Waals surface area contributed by atoms with Crippen LogP contribution in [0, 0.1) is 5.92 Å². The van der Waals surface area contributed by atoms with Crippen LogP contribution < -0.4 is 9.64 Å². The average molecular weight is 405 g/mol. The molecule has 0 atom stereocenters. The van der Waals surface area contributed by atoms with Crippen LogP contribution in [0.2, 0.25) is 0 Å². The van der Waals surface area contributed by atoms with Crippen molar-refractivity contribution in [3.05, 3.63) is 59.7 Å². The number of fused-ring (bicyclic) bond motifs is 1. The molecule has 154 valence electrons. The minimum atomic E-state index is -1.11. The summed E-state index contributed by atoms with van der Waals surface area (Å²) < 4.78 is 5.58. The fourth-order valence-electron chi connectivity index (χ4n) is 4.18. The van der Waals surface area contributed by atoms with E-state index in [0.29, 0.717) is 18.0 Å². The Bertz CT molecular complexity index is 996. The van der Waals surface area contributed by atoms with E-state index in [0.717, 1.165) is 11.1 Å². The zero-order chi connectivity index (χ0) is 21.3. The molecule has 0 unspecified atom stereocenters. The van der Waals surface area contributed by atoms with Crippen LogP contribution in [0.15, 0.2) is 48.5 Å². The van der Waals surface area contributed by atoms with Gasteiger partial charge in [-0.15, -0.1) is 0 Å². The lowest BCUT2D eigenvalue weighted by atomic mass is 9.75. The van der Waals surface area contributed by atoms with E-state index in [2.05, 4.69) is 0 Å². The normalized spacial score (nSPS) is 21.2. The number of benzene rings is 2. The summed E-state index contributed by atoms with van der Waals surface area (Å²) in [6.07, 6.45) is 0.475. The zero-order valence-electron chi connectivity index (χ0n) is 16.8. The molecule has 1 fully saturated rings. The summed E-state index contributed by atoms with van der Waals surface area (Å²) in [5.41, 5.74) is 2.43. The summed E-state index contributed by atoms with van der Waals surface area (Å²) in [6.45, 7) is 2.05. The molecule has 0 radical (unpaired) electrons. The van der Waals surface area contributed by atoms with Gasteiger partial charge >= 0.3 is 0 Å². The summed E-state index contributed by atoms with van der Waals surface area (Å²) in [5.74, 6) is -1.88. The Kier molecular flexibility index (Phi) is 5.48. The smallest absolute Gasteiger partial charge is 0.265 e. The lowest BCUT2D eigenvalue weighted by Gasteiger charge is -2.31. The molecule has 2 aromatic rings. The second kappa shape index (κ2) is 8.22. The molecule has 1 saturated carbocycles. The number of nitrogens with zero attached hydrogens (tertiary/aromatic N) is 1. The zero-order valence-corrected chi connectivity index (χ0v) is 16.8. The number of hydrogen-bond donors (Lipinski definition) is 0. The summed E-state index contributed by atoms with van der Waals surface area (Å²) in [5, 5.41) is 0. The molecule has 0 bridgehead atoms. The molecule has 1 heterocycles. The van der Waals surface area contributed by atoms with Gasteiger partial charge in [0.1, 0.15) is 11.7 Å². The van der Waals surface area contributed by atoms with Crippen LogP contribution in [0.5, 0.6) is 5.75 Å². The van der Waals surface area contributed by atoms with E-state index in [1.165, 1.54) is 0 Å². The first-order valence-electron chi connectivity index (χ1n) is 10.2. The van der Waals surface area contributed by atoms with Gasteiger partial charge in [0.15, 0.2) is 24.0 Å². The van der Waals surface area contributed by atoms with Crippen molar-refractivity contribution in [1.82, 2.24) is 0 Å². The third-order valence-electron chi connectivity index (χ3n) is 5.79. The molecule has 0 saturated heterocycles. The molecule has 2 aromatic carbocycles. The largest absolute Gasteiger partial charge is 0.482 e. The molecule has 4 rings (SSSR count). The van der Waals surface area contributed by atoms with E-state index in [1.807, 2.05) is 42.5 Å². The first kappa shape index (κ1) is 20.0. The number of ether oxygens (including phenoxy) is 1. The molecule has 0 aromatic heterocycles. The van der Waals surface area contributed by atoms with E-state index in [4.69, 9.17) is 4.74 Å². The van der Waals surface area contributed by atoms with Crippen molar-refractivity contribution in [3.63, 3.8) is 0 Å². The van der Waals surface area contributed by atoms with Gasteiger partial charge in [-0.05, 0) is 29.2 Å². The van der Waals surface area contributed by atoms with Gasteiger partial charge in [-0.2, -0.15) is 0 Å². The standard InChI is InChI=1S/C24H23NO5/c1-2-19(26)24-20(27)11-17(12-21(24)28)16-8-9-22-18(10-16)25(23(29)14-30-22)13-15-6-4-3-5-7-15/h3-10,17,24H,2,11-14H2,1H3. The molecule has 30 heavy (non-hydrogen) atoms. The van der Waals surface area contributed by atoms with Crippen LogP contribution in [0.1, 0.15) is 43.2 Å². The van der Waals surface area contributed by atoms with Crippen molar-refractivity contribution in [3.8, 4) is 5.75 Å². The minimum absolute atomic E-state index is 0.0274. The quantitative estimate of drug-likeness (QED) is 0.714. The number of hydrogen-bond acceptors (Lipinski definition) is 5. The average Bonchev–Trinajstić information content (AvgIpc) is 2.75. The van der Waals surface area contributed by atoms with Crippen LogP contribution >= 0.6 is 0 Å². The number of carbonyl (C=O) groups excluding carboxylic acids is 4. The minimum Gasteiger partial charge on any atom is -0.482 e. The Morgan fingerprint density at radius 1 is 1.03 bits per heavy atom. The highest BCUT2D eigenvalue weighted by atomic mass is 16.5. The van der Waals surface area contributed by atoms with E-state index in [1.54, 1.807) is 17.9 Å². The highest BCUT2D eigenvalue weighted by molar-refractivity contribution is 6.20. The van der Waals surface area contributed by atoms with Crippen molar-refractivity contribution in [1.29, 1.82) is 0 Å². The van der Waals surface area contributed by atoms with E-state index >= 15 is 0 Å². The van der Waals surface area contributed by atoms with Crippen LogP contribution in [-0.4, -0.2) is 29.9 Å². The Morgan fingerprint density at radius 3 is 2.40 bits per heavy atom. The van der Waals surface area contributed by atoms with E-state index in [-0.39, 0.29) is 55.0 Å². The van der Waals surface area contributed by atoms with Crippen molar-refractivity contribution >= 4 is 28.9 Å². The molecule has 1 amide bonds. The molecule has 6 nitrogen and oxygen atoms in total. The molecule has 0 N–H and O–H groups in total. The molecule has 1 aliphatic heterocycles. The monoisotopic (exact) mass is 405 g/mol. The summed E-state index contributed by atoms with van der Waals surface area (Å²) in [4.78, 5) is 51.2. The van der Waals surface area contributed by atoms with E-state index in [9.17, 15) is 19.2 Å². The summed E-state index contributed by atoms with van der Waals surface area (Å²) in [7, 11) is 0. The summed E-state index contributed by atoms with van der Waals surface area (Å²) >= 11 is 0. The highest BCUT2D eigenvalue weighted by Crippen LogP contribution is 2.39. The van der Waals surface area contributed by atoms with Gasteiger partial charge in [0, 0.05) is 19.3 Å². The van der Waals surface area contributed by atoms with E-state index < -0.39 is 5.92 Å². The molecular weight excluding hydrogens is 382 g/mol. The fourth-order valence-corrected chi connectivity index (χ4v) is 4.18. The number of ketones is 3. The van der Waals surface area contributed by atoms with Gasteiger partial charge in [-0.1, -0.05) is 43.3 Å². The van der Waals surface area contributed by atoms with Crippen molar-refractivity contribution in [2.24, 2.45) is 5.92 Å². The number of rotatable bonds is 5. The third kappa shape index (κ3) is 3.77. The molecule has 0 spiro atoms. The summed E-state index contributed by atoms with van der Waals surface area (Å²) in [6, 6.07) is 15.1. The maximum atomic E-state index is 12.6. The molecule has 2 aliphatic rings. The Hall–Kier alpha value is -3.28. The van der Waals surface area contributed by atoms with Gasteiger partial charge in [0.25, 0.3) is 5.91 Å². The number of anilines is 1. The maximum absolute atomic E-state index is 12.6. The maximum Gasteiger partial charge on any atom is 0.265 e. The van der Waals surface area contributed by atoms with Crippen molar-refractivity contribution in [2.75, 3.05) is 11.5 Å². The van der Waals surface area contributed by atoms with Crippen LogP contribution in [-0.2, 0) is 25.7 Å².